The van der Waals surface area contributed by atoms with Crippen molar-refractivity contribution in [2.45, 2.75) is 36.4 Å². The Bertz CT molecular complexity index is 1020. The zero-order valence-corrected chi connectivity index (χ0v) is 18.2. The van der Waals surface area contributed by atoms with Gasteiger partial charge in [0.05, 0.1) is 11.4 Å². The van der Waals surface area contributed by atoms with E-state index in [4.69, 9.17) is 0 Å². The third-order valence-electron chi connectivity index (χ3n) is 3.86. The van der Waals surface area contributed by atoms with Gasteiger partial charge in [0.15, 0.2) is 0 Å². The first-order chi connectivity index (χ1) is 13.1. The molecular weight excluding hydrogens is 422 g/mol. The lowest BCUT2D eigenvalue weighted by atomic mass is 10.3. The predicted octanol–water partition coefficient (Wildman–Crippen LogP) is 2.22. The molecule has 2 N–H and O–H groups in total. The number of carbonyl (C=O) groups excluding carboxylic acids is 1. The largest absolute Gasteiger partial charge is 0.351 e. The maximum Gasteiger partial charge on any atom is 0.271 e. The zero-order chi connectivity index (χ0) is 20.9. The standard InChI is InChI=1S/C17H23N3O5S3/c1-4-20(5-2)28(24,25)16-9-6-14(7-10-16)19-27(22,23)17-11-8-15(26-17)12-18-13(3)21/h6-11,19H,4-5,12H2,1-3H3,(H,18,21). The number of hydrogen-bond donors (Lipinski definition) is 2. The van der Waals surface area contributed by atoms with Crippen molar-refractivity contribution in [2.75, 3.05) is 17.8 Å². The van der Waals surface area contributed by atoms with Gasteiger partial charge in [-0.05, 0) is 36.4 Å². The third-order valence-corrected chi connectivity index (χ3v) is 8.89. The minimum absolute atomic E-state index is 0.104. The Kier molecular flexibility index (Phi) is 7.21. The molecule has 0 aliphatic rings. The van der Waals surface area contributed by atoms with Gasteiger partial charge in [-0.25, -0.2) is 16.8 Å². The Hall–Kier alpha value is -1.95. The number of thiophene rings is 1. The van der Waals surface area contributed by atoms with Crippen molar-refractivity contribution >= 4 is 43.0 Å². The summed E-state index contributed by atoms with van der Waals surface area (Å²) in [5.41, 5.74) is 0.260. The lowest BCUT2D eigenvalue weighted by molar-refractivity contribution is -0.119. The highest BCUT2D eigenvalue weighted by Crippen LogP contribution is 2.25. The lowest BCUT2D eigenvalue weighted by Gasteiger charge is -2.18. The molecule has 2 rings (SSSR count). The quantitative estimate of drug-likeness (QED) is 0.614. The van der Waals surface area contributed by atoms with Crippen molar-refractivity contribution < 1.29 is 21.6 Å². The van der Waals surface area contributed by atoms with Crippen LogP contribution in [0.4, 0.5) is 5.69 Å². The van der Waals surface area contributed by atoms with Gasteiger partial charge in [0.25, 0.3) is 10.0 Å². The van der Waals surface area contributed by atoms with Crippen molar-refractivity contribution in [3.63, 3.8) is 0 Å². The molecule has 0 aliphatic carbocycles. The normalized spacial score (nSPS) is 12.1. The van der Waals surface area contributed by atoms with E-state index >= 15 is 0 Å². The maximum atomic E-state index is 12.5. The summed E-state index contributed by atoms with van der Waals surface area (Å²) in [6.45, 7) is 5.86. The SMILES string of the molecule is CCN(CC)S(=O)(=O)c1ccc(NS(=O)(=O)c2ccc(CNC(C)=O)s2)cc1. The molecule has 0 radical (unpaired) electrons. The average molecular weight is 446 g/mol. The fourth-order valence-corrected chi connectivity index (χ4v) is 6.23. The van der Waals surface area contributed by atoms with Crippen molar-refractivity contribution in [1.82, 2.24) is 9.62 Å². The zero-order valence-electron chi connectivity index (χ0n) is 15.8. The van der Waals surface area contributed by atoms with E-state index in [2.05, 4.69) is 10.0 Å². The number of nitrogens with zero attached hydrogens (tertiary/aromatic N) is 1. The lowest BCUT2D eigenvalue weighted by Crippen LogP contribution is -2.30. The van der Waals surface area contributed by atoms with E-state index in [0.29, 0.717) is 18.0 Å². The number of hydrogen-bond acceptors (Lipinski definition) is 6. The van der Waals surface area contributed by atoms with Gasteiger partial charge in [0.1, 0.15) is 4.21 Å². The molecule has 0 fully saturated rings. The first kappa shape index (κ1) is 22.3. The molecule has 0 aliphatic heterocycles. The third kappa shape index (κ3) is 5.31. The summed E-state index contributed by atoms with van der Waals surface area (Å²) < 4.78 is 53.9. The monoisotopic (exact) mass is 445 g/mol. The first-order valence-corrected chi connectivity index (χ1v) is 12.3. The number of rotatable bonds is 9. The van der Waals surface area contributed by atoms with Crippen LogP contribution in [0.1, 0.15) is 25.6 Å². The van der Waals surface area contributed by atoms with Gasteiger partial charge in [0.2, 0.25) is 15.9 Å². The fraction of sp³-hybridized carbons (Fsp3) is 0.353. The molecule has 0 saturated carbocycles. The molecule has 28 heavy (non-hydrogen) atoms. The Morgan fingerprint density at radius 1 is 1.00 bits per heavy atom. The van der Waals surface area contributed by atoms with Gasteiger partial charge in [-0.3, -0.25) is 9.52 Å². The van der Waals surface area contributed by atoms with Crippen LogP contribution in [0.2, 0.25) is 0 Å². The Morgan fingerprint density at radius 3 is 2.14 bits per heavy atom. The number of nitrogens with one attached hydrogen (secondary N) is 2. The second-order valence-electron chi connectivity index (χ2n) is 5.85. The number of benzene rings is 1. The van der Waals surface area contributed by atoms with Gasteiger partial charge in [0, 0.05) is 30.6 Å². The molecule has 0 spiro atoms. The van der Waals surface area contributed by atoms with Gasteiger partial charge in [-0.2, -0.15) is 4.31 Å². The Morgan fingerprint density at radius 2 is 1.61 bits per heavy atom. The molecule has 0 atom stereocenters. The number of carbonyl (C=O) groups is 1. The molecule has 1 aromatic carbocycles. The van der Waals surface area contributed by atoms with E-state index in [9.17, 15) is 21.6 Å². The van der Waals surface area contributed by atoms with E-state index < -0.39 is 20.0 Å². The second kappa shape index (κ2) is 9.03. The molecule has 154 valence electrons. The molecular formula is C17H23N3O5S3. The summed E-state index contributed by atoms with van der Waals surface area (Å²) in [5, 5.41) is 2.61. The van der Waals surface area contributed by atoms with E-state index in [1.165, 1.54) is 41.6 Å². The smallest absolute Gasteiger partial charge is 0.271 e. The summed E-state index contributed by atoms with van der Waals surface area (Å²) in [7, 11) is -7.41. The number of sulfonamides is 2. The van der Waals surface area contributed by atoms with Gasteiger partial charge >= 0.3 is 0 Å². The summed E-state index contributed by atoms with van der Waals surface area (Å²) in [5.74, 6) is -0.198. The summed E-state index contributed by atoms with van der Waals surface area (Å²) >= 11 is 1.05. The van der Waals surface area contributed by atoms with Crippen LogP contribution in [0, 0.1) is 0 Å². The van der Waals surface area contributed by atoms with Crippen molar-refractivity contribution in [3.05, 3.63) is 41.3 Å². The van der Waals surface area contributed by atoms with Crippen LogP contribution in [0.25, 0.3) is 0 Å². The predicted molar refractivity (Wildman–Crippen MR) is 109 cm³/mol. The fourth-order valence-electron chi connectivity index (χ4n) is 2.42. The molecule has 1 aromatic heterocycles. The molecule has 11 heteroatoms. The van der Waals surface area contributed by atoms with Crippen molar-refractivity contribution in [1.29, 1.82) is 0 Å². The van der Waals surface area contributed by atoms with E-state index in [1.54, 1.807) is 19.9 Å². The highest BCUT2D eigenvalue weighted by atomic mass is 32.2. The minimum Gasteiger partial charge on any atom is -0.351 e. The van der Waals surface area contributed by atoms with Crippen molar-refractivity contribution in [2.24, 2.45) is 0 Å². The van der Waals surface area contributed by atoms with Gasteiger partial charge in [-0.1, -0.05) is 13.8 Å². The van der Waals surface area contributed by atoms with Crippen LogP contribution in [0.3, 0.4) is 0 Å². The molecule has 8 nitrogen and oxygen atoms in total. The van der Waals surface area contributed by atoms with E-state index in [-0.39, 0.29) is 27.2 Å². The molecule has 2 aromatic rings. The average Bonchev–Trinajstić information content (AvgIpc) is 3.11. The highest BCUT2D eigenvalue weighted by molar-refractivity contribution is 7.94. The van der Waals surface area contributed by atoms with Gasteiger partial charge < -0.3 is 5.32 Å². The van der Waals surface area contributed by atoms with Crippen LogP contribution < -0.4 is 10.0 Å². The molecule has 0 saturated heterocycles. The summed E-state index contributed by atoms with van der Waals surface area (Å²) in [6.07, 6.45) is 0. The highest BCUT2D eigenvalue weighted by Gasteiger charge is 2.22. The van der Waals surface area contributed by atoms with Crippen LogP contribution in [0.15, 0.2) is 45.5 Å². The van der Waals surface area contributed by atoms with Gasteiger partial charge in [-0.15, -0.1) is 11.3 Å². The second-order valence-corrected chi connectivity index (χ2v) is 10.9. The first-order valence-electron chi connectivity index (χ1n) is 8.56. The Balaban J connectivity index is 2.16. The number of amides is 1. The van der Waals surface area contributed by atoms with Crippen LogP contribution in [-0.2, 0) is 31.4 Å². The molecule has 1 heterocycles. The minimum atomic E-state index is -3.81. The van der Waals surface area contributed by atoms with Crippen LogP contribution in [-0.4, -0.2) is 40.1 Å². The van der Waals surface area contributed by atoms with Crippen LogP contribution in [0.5, 0.6) is 0 Å². The van der Waals surface area contributed by atoms with E-state index in [0.717, 1.165) is 11.3 Å². The Labute approximate surface area is 169 Å². The van der Waals surface area contributed by atoms with Crippen molar-refractivity contribution in [3.8, 4) is 0 Å². The molecule has 0 bridgehead atoms. The molecule has 1 amide bonds. The summed E-state index contributed by atoms with van der Waals surface area (Å²) in [6, 6.07) is 8.68. The molecule has 0 unspecified atom stereocenters. The number of anilines is 1. The van der Waals surface area contributed by atoms with E-state index in [1.807, 2.05) is 0 Å². The summed E-state index contributed by atoms with van der Waals surface area (Å²) in [4.78, 5) is 11.8. The maximum absolute atomic E-state index is 12.5. The van der Waals surface area contributed by atoms with Crippen LogP contribution >= 0.6 is 11.3 Å². The topological polar surface area (TPSA) is 113 Å².